The largest absolute Gasteiger partial charge is 0.481 e. The van der Waals surface area contributed by atoms with Gasteiger partial charge in [0.2, 0.25) is 0 Å². The molecule has 5 rings (SSSR count). The Kier molecular flexibility index (Phi) is 4.61. The second-order valence-corrected chi connectivity index (χ2v) is 8.09. The minimum absolute atomic E-state index is 0. The van der Waals surface area contributed by atoms with Crippen LogP contribution in [-0.4, -0.2) is 48.7 Å². The molecule has 4 aliphatic rings. The van der Waals surface area contributed by atoms with Gasteiger partial charge in [-0.2, -0.15) is 0 Å². The molecular formula is C21H23CrNO5. The fourth-order valence-corrected chi connectivity index (χ4v) is 5.74. The molecule has 1 aromatic rings. The van der Waals surface area contributed by atoms with Crippen molar-refractivity contribution in [1.29, 1.82) is 0 Å². The van der Waals surface area contributed by atoms with Crippen LogP contribution < -0.4 is 9.47 Å². The van der Waals surface area contributed by atoms with E-state index in [-0.39, 0.29) is 46.7 Å². The van der Waals surface area contributed by atoms with E-state index in [1.165, 1.54) is 19.4 Å². The van der Waals surface area contributed by atoms with Gasteiger partial charge in [-0.05, 0) is 44.1 Å². The van der Waals surface area contributed by atoms with Crippen molar-refractivity contribution in [3.8, 4) is 11.5 Å². The van der Waals surface area contributed by atoms with Crippen molar-refractivity contribution in [3.05, 3.63) is 35.4 Å². The van der Waals surface area contributed by atoms with Gasteiger partial charge in [-0.3, -0.25) is 9.59 Å². The molecule has 5 atom stereocenters. The molecule has 6 nitrogen and oxygen atoms in total. The van der Waals surface area contributed by atoms with E-state index in [4.69, 9.17) is 14.2 Å². The van der Waals surface area contributed by atoms with E-state index in [0.717, 1.165) is 24.9 Å². The number of esters is 2. The van der Waals surface area contributed by atoms with Gasteiger partial charge >= 0.3 is 11.9 Å². The Labute approximate surface area is 174 Å². The van der Waals surface area contributed by atoms with E-state index in [0.29, 0.717) is 17.5 Å². The molecular weight excluding hydrogens is 398 g/mol. The van der Waals surface area contributed by atoms with Crippen LogP contribution in [0.15, 0.2) is 24.3 Å². The van der Waals surface area contributed by atoms with Crippen LogP contribution in [0.3, 0.4) is 0 Å². The second-order valence-electron chi connectivity index (χ2n) is 8.09. The number of hydrogen-bond donors (Lipinski definition) is 0. The van der Waals surface area contributed by atoms with E-state index in [9.17, 15) is 9.59 Å². The zero-order chi connectivity index (χ0) is 18.9. The van der Waals surface area contributed by atoms with Crippen molar-refractivity contribution in [3.63, 3.8) is 0 Å². The summed E-state index contributed by atoms with van der Waals surface area (Å²) in [5, 5.41) is 0. The summed E-state index contributed by atoms with van der Waals surface area (Å²) >= 11 is 0. The summed E-state index contributed by atoms with van der Waals surface area (Å²) < 4.78 is 17.5. The fourth-order valence-electron chi connectivity index (χ4n) is 5.74. The predicted molar refractivity (Wildman–Crippen MR) is 96.8 cm³/mol. The van der Waals surface area contributed by atoms with Crippen molar-refractivity contribution < 1.29 is 41.2 Å². The van der Waals surface area contributed by atoms with Gasteiger partial charge in [0.05, 0.1) is 0 Å². The molecule has 1 spiro atoms. The Morgan fingerprint density at radius 2 is 2.00 bits per heavy atom. The normalized spacial score (nSPS) is 34.0. The van der Waals surface area contributed by atoms with Gasteiger partial charge in [-0.25, -0.2) is 0 Å². The maximum absolute atomic E-state index is 11.7. The summed E-state index contributed by atoms with van der Waals surface area (Å²) in [7, 11) is 2.17. The molecule has 0 saturated carbocycles. The van der Waals surface area contributed by atoms with Crippen molar-refractivity contribution >= 4 is 11.9 Å². The predicted octanol–water partition coefficient (Wildman–Crippen LogP) is 1.99. The number of likely N-dealkylation sites (N-methyl/N-ethyl adjacent to an activating group) is 1. The molecule has 2 bridgehead atoms. The van der Waals surface area contributed by atoms with Gasteiger partial charge in [0, 0.05) is 54.1 Å². The van der Waals surface area contributed by atoms with Crippen molar-refractivity contribution in [2.24, 2.45) is 5.92 Å². The van der Waals surface area contributed by atoms with E-state index < -0.39 is 6.10 Å². The first-order valence-corrected chi connectivity index (χ1v) is 9.49. The van der Waals surface area contributed by atoms with E-state index >= 15 is 0 Å². The van der Waals surface area contributed by atoms with Crippen LogP contribution in [0.5, 0.6) is 11.5 Å². The monoisotopic (exact) mass is 421 g/mol. The second kappa shape index (κ2) is 6.62. The molecule has 28 heavy (non-hydrogen) atoms. The van der Waals surface area contributed by atoms with Crippen molar-refractivity contribution in [2.45, 2.75) is 50.4 Å². The zero-order valence-electron chi connectivity index (χ0n) is 16.1. The molecule has 1 fully saturated rings. The number of rotatable bonds is 2. The van der Waals surface area contributed by atoms with Crippen LogP contribution in [-0.2, 0) is 43.5 Å². The summed E-state index contributed by atoms with van der Waals surface area (Å²) in [5.74, 6) is 0.712. The van der Waals surface area contributed by atoms with Gasteiger partial charge in [0.15, 0.2) is 17.6 Å². The molecule has 0 amide bonds. The van der Waals surface area contributed by atoms with Gasteiger partial charge in [0.1, 0.15) is 6.10 Å². The standard InChI is InChI=1S/C21H23NO5.Cr/c1-11(23)25-16-6-4-13-10-15-14-5-7-17(26-12(2)24)20-21(14,8-9-22(15)3)18(13)19(16)27-20;/h4-7,14-15,17,20H,8-10H2,1-3H3;/t14-,15+,17-,20-,21-;/m0./s1. The minimum atomic E-state index is -0.439. The van der Waals surface area contributed by atoms with Gasteiger partial charge in [-0.15, -0.1) is 0 Å². The van der Waals surface area contributed by atoms with Gasteiger partial charge < -0.3 is 19.1 Å². The summed E-state index contributed by atoms with van der Waals surface area (Å²) in [6.07, 6.45) is 5.31. The first kappa shape index (κ1) is 19.5. The van der Waals surface area contributed by atoms with Crippen molar-refractivity contribution in [2.75, 3.05) is 13.6 Å². The van der Waals surface area contributed by atoms with Crippen LogP contribution >= 0.6 is 0 Å². The SMILES string of the molecule is CC(=O)Oc1ccc2c3c1O[C@H]1[C@@H](OC(C)=O)C=C[C@H]4[C@@H](C2)N(C)CC[C@@]341.[Cr]. The van der Waals surface area contributed by atoms with Gasteiger partial charge in [-0.1, -0.05) is 12.1 Å². The third-order valence-electron chi connectivity index (χ3n) is 6.67. The third-order valence-corrected chi connectivity index (χ3v) is 6.67. The Balaban J connectivity index is 0.00000192. The molecule has 1 saturated heterocycles. The summed E-state index contributed by atoms with van der Waals surface area (Å²) in [6.45, 7) is 3.77. The van der Waals surface area contributed by atoms with E-state index in [1.54, 1.807) is 0 Å². The van der Waals surface area contributed by atoms with Crippen LogP contribution in [0.4, 0.5) is 0 Å². The topological polar surface area (TPSA) is 65.1 Å². The molecule has 7 heteroatoms. The van der Waals surface area contributed by atoms with Crippen LogP contribution in [0.25, 0.3) is 0 Å². The average Bonchev–Trinajstić information content (AvgIpc) is 2.95. The number of ether oxygens (including phenoxy) is 3. The first-order chi connectivity index (χ1) is 12.9. The Morgan fingerprint density at radius 3 is 2.71 bits per heavy atom. The molecule has 0 aromatic heterocycles. The Morgan fingerprint density at radius 1 is 1.21 bits per heavy atom. The minimum Gasteiger partial charge on any atom is -0.481 e. The quantitative estimate of drug-likeness (QED) is 0.414. The Hall–Kier alpha value is -1.81. The first-order valence-electron chi connectivity index (χ1n) is 9.49. The van der Waals surface area contributed by atoms with E-state index in [1.807, 2.05) is 12.1 Å². The maximum Gasteiger partial charge on any atom is 0.308 e. The number of likely N-dealkylation sites (tertiary alicyclic amines) is 1. The molecule has 148 valence electrons. The Bertz CT molecular complexity index is 884. The molecule has 0 unspecified atom stereocenters. The molecule has 2 aliphatic carbocycles. The molecule has 2 heterocycles. The maximum atomic E-state index is 11.7. The molecule has 2 aliphatic heterocycles. The molecule has 0 radical (unpaired) electrons. The smallest absolute Gasteiger partial charge is 0.308 e. The van der Waals surface area contributed by atoms with Gasteiger partial charge in [0.25, 0.3) is 0 Å². The van der Waals surface area contributed by atoms with Crippen LogP contribution in [0.2, 0.25) is 0 Å². The number of nitrogens with zero attached hydrogens (tertiary/aromatic N) is 1. The number of hydrogen-bond acceptors (Lipinski definition) is 6. The van der Waals surface area contributed by atoms with Crippen LogP contribution in [0, 0.1) is 5.92 Å². The zero-order valence-corrected chi connectivity index (χ0v) is 17.4. The number of carbonyl (C=O) groups is 2. The summed E-state index contributed by atoms with van der Waals surface area (Å²) in [6, 6.07) is 4.28. The third kappa shape index (κ3) is 2.50. The summed E-state index contributed by atoms with van der Waals surface area (Å²) in [4.78, 5) is 25.7. The molecule has 0 N–H and O–H groups in total. The average molecular weight is 421 g/mol. The van der Waals surface area contributed by atoms with E-state index in [2.05, 4.69) is 24.1 Å². The fraction of sp³-hybridized carbons (Fsp3) is 0.524. The summed E-state index contributed by atoms with van der Waals surface area (Å²) in [5.41, 5.74) is 2.15. The van der Waals surface area contributed by atoms with Crippen LogP contribution in [0.1, 0.15) is 31.4 Å². The van der Waals surface area contributed by atoms with Crippen molar-refractivity contribution in [1.82, 2.24) is 4.90 Å². The number of carbonyl (C=O) groups excluding carboxylic acids is 2. The number of piperidine rings is 1. The molecule has 1 aromatic carbocycles. The number of benzene rings is 1.